The number of amides is 2. The monoisotopic (exact) mass is 521 g/mol. The lowest BCUT2D eigenvalue weighted by molar-refractivity contribution is -0.122. The van der Waals surface area contributed by atoms with Gasteiger partial charge in [-0.25, -0.2) is 9.07 Å². The summed E-state index contributed by atoms with van der Waals surface area (Å²) in [6.07, 6.45) is 1.79. The van der Waals surface area contributed by atoms with Crippen LogP contribution in [0.15, 0.2) is 53.3 Å². The zero-order valence-electron chi connectivity index (χ0n) is 21.6. The summed E-state index contributed by atoms with van der Waals surface area (Å²) in [6.45, 7) is 2.98. The average Bonchev–Trinajstić information content (AvgIpc) is 3.38. The van der Waals surface area contributed by atoms with Crippen LogP contribution in [0.4, 0.5) is 4.39 Å². The Kier molecular flexibility index (Phi) is 7.33. The Bertz CT molecular complexity index is 1400. The quantitative estimate of drug-likeness (QED) is 0.551. The second kappa shape index (κ2) is 10.8. The van der Waals surface area contributed by atoms with Gasteiger partial charge in [0.15, 0.2) is 0 Å². The summed E-state index contributed by atoms with van der Waals surface area (Å²) in [4.78, 5) is 41.5. The molecule has 3 heterocycles. The highest BCUT2D eigenvalue weighted by atomic mass is 19.1. The van der Waals surface area contributed by atoms with Crippen molar-refractivity contribution in [3.8, 4) is 11.4 Å². The summed E-state index contributed by atoms with van der Waals surface area (Å²) in [5.41, 5.74) is 2.27. The van der Waals surface area contributed by atoms with Crippen LogP contribution >= 0.6 is 0 Å². The minimum absolute atomic E-state index is 0.0883. The number of hydrogen-bond donors (Lipinski definition) is 2. The number of nitrogens with zero attached hydrogens (tertiary/aromatic N) is 3. The molecule has 2 bridgehead atoms. The lowest BCUT2D eigenvalue weighted by Crippen LogP contribution is -2.45. The number of fused-ring (bicyclic) bond motifs is 3. The zero-order valence-corrected chi connectivity index (χ0v) is 21.6. The second-order valence-electron chi connectivity index (χ2n) is 9.85. The van der Waals surface area contributed by atoms with Gasteiger partial charge in [0.05, 0.1) is 23.4 Å². The highest BCUT2D eigenvalue weighted by molar-refractivity contribution is 5.97. The molecular formula is C28H32FN5O4. The van der Waals surface area contributed by atoms with Crippen LogP contribution in [0.1, 0.15) is 40.9 Å². The normalized spacial score (nSPS) is 20.7. The van der Waals surface area contributed by atoms with E-state index < -0.39 is 11.7 Å². The molecule has 2 aliphatic heterocycles. The van der Waals surface area contributed by atoms with Crippen molar-refractivity contribution in [1.82, 2.24) is 24.9 Å². The fourth-order valence-corrected chi connectivity index (χ4v) is 5.45. The van der Waals surface area contributed by atoms with Gasteiger partial charge in [-0.1, -0.05) is 18.2 Å². The Labute approximate surface area is 220 Å². The van der Waals surface area contributed by atoms with Crippen molar-refractivity contribution in [2.75, 3.05) is 19.7 Å². The van der Waals surface area contributed by atoms with E-state index in [0.717, 1.165) is 30.3 Å². The largest absolute Gasteiger partial charge is 0.491 e. The number of para-hydroxylation sites is 1. The fourth-order valence-electron chi connectivity index (χ4n) is 5.45. The van der Waals surface area contributed by atoms with E-state index in [4.69, 9.17) is 4.74 Å². The third-order valence-corrected chi connectivity index (χ3v) is 7.57. The molecule has 0 saturated carbocycles. The molecule has 2 amide bonds. The van der Waals surface area contributed by atoms with Crippen LogP contribution in [0.2, 0.25) is 0 Å². The van der Waals surface area contributed by atoms with Crippen molar-refractivity contribution in [3.05, 3.63) is 81.5 Å². The van der Waals surface area contributed by atoms with Gasteiger partial charge in [-0.05, 0) is 50.1 Å². The summed E-state index contributed by atoms with van der Waals surface area (Å²) in [5, 5.41) is 5.81. The number of benzene rings is 2. The van der Waals surface area contributed by atoms with E-state index in [0.29, 0.717) is 18.7 Å². The predicted molar refractivity (Wildman–Crippen MR) is 140 cm³/mol. The van der Waals surface area contributed by atoms with Crippen LogP contribution in [0.25, 0.3) is 5.69 Å². The van der Waals surface area contributed by atoms with Crippen LogP contribution in [0.5, 0.6) is 5.75 Å². The topological polar surface area (TPSA) is 97.6 Å². The smallest absolute Gasteiger partial charge is 0.276 e. The molecule has 3 aromatic rings. The van der Waals surface area contributed by atoms with E-state index in [-0.39, 0.29) is 54.4 Å². The molecule has 1 saturated heterocycles. The third-order valence-electron chi connectivity index (χ3n) is 7.57. The van der Waals surface area contributed by atoms with Crippen molar-refractivity contribution in [1.29, 1.82) is 0 Å². The second-order valence-corrected chi connectivity index (χ2v) is 9.85. The molecule has 2 atom stereocenters. The van der Waals surface area contributed by atoms with Crippen LogP contribution in [0.3, 0.4) is 0 Å². The molecular weight excluding hydrogens is 489 g/mol. The number of rotatable bonds is 3. The Morgan fingerprint density at radius 2 is 1.79 bits per heavy atom. The Hall–Kier alpha value is -3.92. The van der Waals surface area contributed by atoms with E-state index in [1.165, 1.54) is 12.1 Å². The predicted octanol–water partition coefficient (Wildman–Crippen LogP) is 2.29. The number of ether oxygens (including phenoxy) is 1. The van der Waals surface area contributed by atoms with Gasteiger partial charge in [0, 0.05) is 44.3 Å². The van der Waals surface area contributed by atoms with Crippen molar-refractivity contribution < 1.29 is 18.7 Å². The molecule has 1 aromatic heterocycles. The number of hydrogen-bond acceptors (Lipinski definition) is 5. The number of carbonyl (C=O) groups excluding carboxylic acids is 2. The van der Waals surface area contributed by atoms with Gasteiger partial charge < -0.3 is 15.4 Å². The molecule has 0 unspecified atom stereocenters. The van der Waals surface area contributed by atoms with Crippen molar-refractivity contribution in [3.63, 3.8) is 0 Å². The SMILES string of the molecule is Cc1c(CN2[C@@H]3CC[C@H]2CC(=O)NCCOc2ccc(F)cc2C(=O)NC3)c(=O)n(-c2ccccc2)n1C. The molecule has 5 rings (SSSR count). The first-order valence-corrected chi connectivity index (χ1v) is 12.9. The first-order chi connectivity index (χ1) is 18.3. The van der Waals surface area contributed by atoms with E-state index in [9.17, 15) is 18.8 Å². The molecule has 1 fully saturated rings. The van der Waals surface area contributed by atoms with Gasteiger partial charge in [-0.15, -0.1) is 0 Å². The maximum Gasteiger partial charge on any atom is 0.276 e. The number of carbonyl (C=O) groups is 2. The van der Waals surface area contributed by atoms with E-state index in [1.54, 1.807) is 4.68 Å². The zero-order chi connectivity index (χ0) is 26.8. The maximum absolute atomic E-state index is 14.0. The van der Waals surface area contributed by atoms with Gasteiger partial charge >= 0.3 is 0 Å². The molecule has 0 radical (unpaired) electrons. The molecule has 2 aliphatic rings. The number of aromatic nitrogens is 2. The molecule has 2 N–H and O–H groups in total. The third kappa shape index (κ3) is 5.08. The highest BCUT2D eigenvalue weighted by Crippen LogP contribution is 2.29. The molecule has 2 aromatic carbocycles. The van der Waals surface area contributed by atoms with Crippen molar-refractivity contribution >= 4 is 11.8 Å². The van der Waals surface area contributed by atoms with Gasteiger partial charge in [0.1, 0.15) is 18.2 Å². The van der Waals surface area contributed by atoms with E-state index >= 15 is 0 Å². The molecule has 9 nitrogen and oxygen atoms in total. The van der Waals surface area contributed by atoms with Crippen LogP contribution < -0.4 is 20.9 Å². The molecule has 200 valence electrons. The lowest BCUT2D eigenvalue weighted by Gasteiger charge is -2.30. The lowest BCUT2D eigenvalue weighted by atomic mass is 10.1. The summed E-state index contributed by atoms with van der Waals surface area (Å²) in [5.74, 6) is -0.797. The van der Waals surface area contributed by atoms with Gasteiger partial charge in [-0.2, -0.15) is 0 Å². The minimum Gasteiger partial charge on any atom is -0.491 e. The molecule has 38 heavy (non-hydrogen) atoms. The van der Waals surface area contributed by atoms with Crippen molar-refractivity contribution in [2.24, 2.45) is 7.05 Å². The van der Waals surface area contributed by atoms with E-state index in [1.807, 2.05) is 49.0 Å². The molecule has 0 spiro atoms. The summed E-state index contributed by atoms with van der Waals surface area (Å²) < 4.78 is 23.1. The molecule has 0 aliphatic carbocycles. The van der Waals surface area contributed by atoms with E-state index in [2.05, 4.69) is 15.5 Å². The van der Waals surface area contributed by atoms with Gasteiger partial charge in [-0.3, -0.25) is 24.0 Å². The average molecular weight is 522 g/mol. The first-order valence-electron chi connectivity index (χ1n) is 12.9. The van der Waals surface area contributed by atoms with Crippen molar-refractivity contribution in [2.45, 2.75) is 44.8 Å². The maximum atomic E-state index is 14.0. The Morgan fingerprint density at radius 3 is 2.58 bits per heavy atom. The number of halogens is 1. The standard InChI is InChI=1S/C28H32FN5O4/c1-18-24(28(37)34(32(18)2)20-6-4-3-5-7-20)17-33-21-9-10-22(33)16-31-27(36)23-14-19(29)8-11-25(23)38-13-12-30-26(35)15-21/h3-8,11,14,21-22H,9-10,12-13,15-17H2,1-2H3,(H,30,35)(H,31,36)/t21-,22+/m0/s1. The van der Waals surface area contributed by atoms with Crippen LogP contribution in [-0.2, 0) is 18.4 Å². The summed E-state index contributed by atoms with van der Waals surface area (Å²) >= 11 is 0. The van der Waals surface area contributed by atoms with Gasteiger partial charge in [0.25, 0.3) is 11.5 Å². The summed E-state index contributed by atoms with van der Waals surface area (Å²) in [7, 11) is 1.86. The van der Waals surface area contributed by atoms with Gasteiger partial charge in [0.2, 0.25) is 5.91 Å². The number of nitrogens with one attached hydrogen (secondary N) is 2. The minimum atomic E-state index is -0.534. The highest BCUT2D eigenvalue weighted by Gasteiger charge is 2.36. The van der Waals surface area contributed by atoms with Crippen LogP contribution in [-0.4, -0.2) is 57.9 Å². The Morgan fingerprint density at radius 1 is 1.03 bits per heavy atom. The Balaban J connectivity index is 1.45. The first kappa shape index (κ1) is 25.7. The molecule has 10 heteroatoms. The fraction of sp³-hybridized carbons (Fsp3) is 0.393. The van der Waals surface area contributed by atoms with Crippen LogP contribution in [0, 0.1) is 12.7 Å². The summed E-state index contributed by atoms with van der Waals surface area (Å²) in [6, 6.07) is 13.1.